The van der Waals surface area contributed by atoms with Gasteiger partial charge in [0.25, 0.3) is 0 Å². The lowest BCUT2D eigenvalue weighted by Crippen LogP contribution is -2.11. The fourth-order valence-corrected chi connectivity index (χ4v) is 2.30. The number of methoxy groups -OCH3 is 3. The molecule has 0 spiro atoms. The average molecular weight is 265 g/mol. The predicted molar refractivity (Wildman–Crippen MR) is 75.0 cm³/mol. The average Bonchev–Trinajstić information content (AvgIpc) is 3.27. The van der Waals surface area contributed by atoms with Gasteiger partial charge in [-0.15, -0.1) is 0 Å². The highest BCUT2D eigenvalue weighted by Gasteiger charge is 2.23. The second-order valence-electron chi connectivity index (χ2n) is 5.09. The fraction of sp³-hybridized carbons (Fsp3) is 0.600. The molecule has 1 aromatic rings. The maximum absolute atomic E-state index is 6.26. The van der Waals surface area contributed by atoms with Crippen LogP contribution >= 0.6 is 0 Å². The van der Waals surface area contributed by atoms with E-state index in [1.807, 2.05) is 12.1 Å². The number of nitrogens with two attached hydrogens (primary N) is 1. The minimum Gasteiger partial charge on any atom is -0.493 e. The Morgan fingerprint density at radius 1 is 1.11 bits per heavy atom. The summed E-state index contributed by atoms with van der Waals surface area (Å²) in [5.74, 6) is 2.84. The third kappa shape index (κ3) is 3.32. The molecule has 2 rings (SSSR count). The van der Waals surface area contributed by atoms with E-state index in [1.54, 1.807) is 21.3 Å². The first-order valence-electron chi connectivity index (χ1n) is 6.75. The van der Waals surface area contributed by atoms with Crippen molar-refractivity contribution in [2.45, 2.75) is 31.7 Å². The van der Waals surface area contributed by atoms with Crippen molar-refractivity contribution in [1.29, 1.82) is 0 Å². The molecule has 1 aliphatic rings. The molecule has 0 saturated heterocycles. The molecule has 0 aliphatic heterocycles. The van der Waals surface area contributed by atoms with Crippen molar-refractivity contribution >= 4 is 0 Å². The Bertz CT molecular complexity index is 404. The maximum atomic E-state index is 6.26. The van der Waals surface area contributed by atoms with Gasteiger partial charge in [-0.1, -0.05) is 12.8 Å². The molecule has 1 fully saturated rings. The molecule has 106 valence electrons. The van der Waals surface area contributed by atoms with Gasteiger partial charge in [0.2, 0.25) is 5.75 Å². The van der Waals surface area contributed by atoms with Crippen LogP contribution in [0.4, 0.5) is 0 Å². The van der Waals surface area contributed by atoms with E-state index in [4.69, 9.17) is 19.9 Å². The lowest BCUT2D eigenvalue weighted by Gasteiger charge is -2.17. The Hall–Kier alpha value is -1.42. The SMILES string of the molecule is COc1cc(C(N)CCC2CC2)cc(OC)c1OC. The summed E-state index contributed by atoms with van der Waals surface area (Å²) in [4.78, 5) is 0. The van der Waals surface area contributed by atoms with Crippen LogP contribution < -0.4 is 19.9 Å². The van der Waals surface area contributed by atoms with Gasteiger partial charge in [0, 0.05) is 6.04 Å². The van der Waals surface area contributed by atoms with Gasteiger partial charge >= 0.3 is 0 Å². The number of rotatable bonds is 7. The topological polar surface area (TPSA) is 53.7 Å². The summed E-state index contributed by atoms with van der Waals surface area (Å²) in [6, 6.07) is 3.91. The molecule has 1 aromatic carbocycles. The maximum Gasteiger partial charge on any atom is 0.203 e. The number of hydrogen-bond acceptors (Lipinski definition) is 4. The van der Waals surface area contributed by atoms with Gasteiger partial charge in [-0.3, -0.25) is 0 Å². The van der Waals surface area contributed by atoms with Crippen LogP contribution in [0, 0.1) is 5.92 Å². The van der Waals surface area contributed by atoms with E-state index in [0.29, 0.717) is 17.2 Å². The highest BCUT2D eigenvalue weighted by Crippen LogP contribution is 2.41. The summed E-state index contributed by atoms with van der Waals surface area (Å²) in [6.07, 6.45) is 4.94. The van der Waals surface area contributed by atoms with Gasteiger partial charge in [0.05, 0.1) is 21.3 Å². The Morgan fingerprint density at radius 3 is 2.11 bits per heavy atom. The Balaban J connectivity index is 2.18. The third-order valence-electron chi connectivity index (χ3n) is 3.70. The fourth-order valence-electron chi connectivity index (χ4n) is 2.30. The van der Waals surface area contributed by atoms with Crippen molar-refractivity contribution < 1.29 is 14.2 Å². The van der Waals surface area contributed by atoms with Gasteiger partial charge in [0.15, 0.2) is 11.5 Å². The van der Waals surface area contributed by atoms with Gasteiger partial charge in [-0.25, -0.2) is 0 Å². The van der Waals surface area contributed by atoms with Crippen LogP contribution in [0.2, 0.25) is 0 Å². The molecule has 2 N–H and O–H groups in total. The van der Waals surface area contributed by atoms with Crippen molar-refractivity contribution in [3.63, 3.8) is 0 Å². The molecular formula is C15H23NO3. The minimum atomic E-state index is 0.0225. The number of benzene rings is 1. The van der Waals surface area contributed by atoms with Crippen LogP contribution in [0.5, 0.6) is 17.2 Å². The van der Waals surface area contributed by atoms with Crippen LogP contribution in [0.15, 0.2) is 12.1 Å². The largest absolute Gasteiger partial charge is 0.493 e. The second-order valence-corrected chi connectivity index (χ2v) is 5.09. The van der Waals surface area contributed by atoms with E-state index in [1.165, 1.54) is 19.3 Å². The number of hydrogen-bond donors (Lipinski definition) is 1. The van der Waals surface area contributed by atoms with Gasteiger partial charge in [0.1, 0.15) is 0 Å². The molecule has 1 aliphatic carbocycles. The molecule has 4 nitrogen and oxygen atoms in total. The Labute approximate surface area is 114 Å². The van der Waals surface area contributed by atoms with Crippen LogP contribution in [-0.2, 0) is 0 Å². The van der Waals surface area contributed by atoms with Crippen molar-refractivity contribution in [3.05, 3.63) is 17.7 Å². The first-order valence-corrected chi connectivity index (χ1v) is 6.75. The third-order valence-corrected chi connectivity index (χ3v) is 3.70. The second kappa shape index (κ2) is 6.15. The Kier molecular flexibility index (Phi) is 4.53. The molecule has 0 aromatic heterocycles. The zero-order chi connectivity index (χ0) is 13.8. The smallest absolute Gasteiger partial charge is 0.203 e. The first-order chi connectivity index (χ1) is 9.19. The molecule has 0 amide bonds. The van der Waals surface area contributed by atoms with Crippen LogP contribution in [0.1, 0.15) is 37.3 Å². The highest BCUT2D eigenvalue weighted by molar-refractivity contribution is 5.54. The van der Waals surface area contributed by atoms with Gasteiger partial charge in [-0.05, 0) is 36.5 Å². The lowest BCUT2D eigenvalue weighted by atomic mass is 10.0. The molecule has 1 unspecified atom stereocenters. The van der Waals surface area contributed by atoms with Crippen molar-refractivity contribution in [2.75, 3.05) is 21.3 Å². The summed E-state index contributed by atoms with van der Waals surface area (Å²) < 4.78 is 16.0. The predicted octanol–water partition coefficient (Wildman–Crippen LogP) is 2.90. The summed E-state index contributed by atoms with van der Waals surface area (Å²) in [6.45, 7) is 0. The lowest BCUT2D eigenvalue weighted by molar-refractivity contribution is 0.323. The van der Waals surface area contributed by atoms with Crippen LogP contribution in [0.3, 0.4) is 0 Å². The first kappa shape index (κ1) is 14.0. The molecule has 0 radical (unpaired) electrons. The van der Waals surface area contributed by atoms with E-state index in [9.17, 15) is 0 Å². The van der Waals surface area contributed by atoms with E-state index in [0.717, 1.165) is 17.9 Å². The molecule has 4 heteroatoms. The number of ether oxygens (including phenoxy) is 3. The van der Waals surface area contributed by atoms with Crippen molar-refractivity contribution in [3.8, 4) is 17.2 Å². The molecular weight excluding hydrogens is 242 g/mol. The molecule has 0 heterocycles. The van der Waals surface area contributed by atoms with E-state index < -0.39 is 0 Å². The molecule has 1 atom stereocenters. The van der Waals surface area contributed by atoms with Gasteiger partial charge in [-0.2, -0.15) is 0 Å². The Morgan fingerprint density at radius 2 is 1.68 bits per heavy atom. The zero-order valence-corrected chi connectivity index (χ0v) is 11.9. The molecule has 19 heavy (non-hydrogen) atoms. The summed E-state index contributed by atoms with van der Waals surface area (Å²) >= 11 is 0. The van der Waals surface area contributed by atoms with Gasteiger partial charge < -0.3 is 19.9 Å². The van der Waals surface area contributed by atoms with E-state index in [-0.39, 0.29) is 6.04 Å². The minimum absolute atomic E-state index is 0.0225. The van der Waals surface area contributed by atoms with E-state index in [2.05, 4.69) is 0 Å². The van der Waals surface area contributed by atoms with Crippen molar-refractivity contribution in [2.24, 2.45) is 11.7 Å². The highest BCUT2D eigenvalue weighted by atomic mass is 16.5. The summed E-state index contributed by atoms with van der Waals surface area (Å²) in [7, 11) is 4.85. The zero-order valence-electron chi connectivity index (χ0n) is 11.9. The summed E-state index contributed by atoms with van der Waals surface area (Å²) in [5, 5.41) is 0. The molecule has 0 bridgehead atoms. The van der Waals surface area contributed by atoms with Crippen LogP contribution in [-0.4, -0.2) is 21.3 Å². The monoisotopic (exact) mass is 265 g/mol. The van der Waals surface area contributed by atoms with Crippen molar-refractivity contribution in [1.82, 2.24) is 0 Å². The van der Waals surface area contributed by atoms with E-state index >= 15 is 0 Å². The normalized spacial score (nSPS) is 16.0. The summed E-state index contributed by atoms with van der Waals surface area (Å²) in [5.41, 5.74) is 7.30. The van der Waals surface area contributed by atoms with Crippen LogP contribution in [0.25, 0.3) is 0 Å². The standard InChI is InChI=1S/C15H23NO3/c1-17-13-8-11(9-14(18-2)15(13)19-3)12(16)7-6-10-4-5-10/h8-10,12H,4-7,16H2,1-3H3. The quantitative estimate of drug-likeness (QED) is 0.823. The molecule has 1 saturated carbocycles.